The van der Waals surface area contributed by atoms with Crippen LogP contribution in [0.25, 0.3) is 10.8 Å². The molecule has 0 saturated heterocycles. The smallest absolute Gasteiger partial charge is 0.321 e. The van der Waals surface area contributed by atoms with Gasteiger partial charge in [-0.2, -0.15) is 0 Å². The molecule has 3 aromatic rings. The first-order chi connectivity index (χ1) is 11.2. The maximum absolute atomic E-state index is 11.8. The molecule has 0 N–H and O–H groups in total. The summed E-state index contributed by atoms with van der Waals surface area (Å²) in [7, 11) is 0. The van der Waals surface area contributed by atoms with Crippen LogP contribution in [-0.2, 0) is 11.2 Å². The number of ether oxygens (including phenoxy) is 1. The first-order valence-corrected chi connectivity index (χ1v) is 8.91. The van der Waals surface area contributed by atoms with E-state index in [0.29, 0.717) is 16.9 Å². The van der Waals surface area contributed by atoms with E-state index in [1.54, 1.807) is 12.1 Å². The number of aryl methyl sites for hydroxylation is 1. The number of rotatable bonds is 6. The molecule has 2 heterocycles. The Labute approximate surface area is 141 Å². The lowest BCUT2D eigenvalue weighted by Gasteiger charge is -2.03. The standard InChI is InChI=1S/C16H14N2O3S2/c1-2-11-5-7-12(8-6-11)20-14(19)10-23-16-18-17-15(21-16)13-4-3-9-22-13/h3-9H,2,10H2,1H3. The molecule has 0 saturated carbocycles. The molecule has 118 valence electrons. The summed E-state index contributed by atoms with van der Waals surface area (Å²) in [6.07, 6.45) is 0.952. The summed E-state index contributed by atoms with van der Waals surface area (Å²) < 4.78 is 10.8. The van der Waals surface area contributed by atoms with Crippen molar-refractivity contribution in [2.45, 2.75) is 18.6 Å². The van der Waals surface area contributed by atoms with Crippen LogP contribution in [0.5, 0.6) is 5.75 Å². The Bertz CT molecular complexity index is 767. The van der Waals surface area contributed by atoms with Crippen LogP contribution in [0.2, 0.25) is 0 Å². The predicted molar refractivity (Wildman–Crippen MR) is 89.8 cm³/mol. The minimum Gasteiger partial charge on any atom is -0.426 e. The maximum Gasteiger partial charge on any atom is 0.321 e. The Hall–Kier alpha value is -2.12. The molecule has 3 rings (SSSR count). The summed E-state index contributed by atoms with van der Waals surface area (Å²) in [4.78, 5) is 12.8. The van der Waals surface area contributed by atoms with Crippen LogP contribution in [-0.4, -0.2) is 21.9 Å². The summed E-state index contributed by atoms with van der Waals surface area (Å²) in [5.74, 6) is 0.764. The van der Waals surface area contributed by atoms with E-state index in [1.165, 1.54) is 16.9 Å². The lowest BCUT2D eigenvalue weighted by atomic mass is 10.2. The van der Waals surface area contributed by atoms with Gasteiger partial charge < -0.3 is 9.15 Å². The van der Waals surface area contributed by atoms with E-state index in [1.807, 2.05) is 29.6 Å². The highest BCUT2D eigenvalue weighted by atomic mass is 32.2. The summed E-state index contributed by atoms with van der Waals surface area (Å²) in [6, 6.07) is 11.3. The lowest BCUT2D eigenvalue weighted by molar-refractivity contribution is -0.131. The second-order valence-corrected chi connectivity index (χ2v) is 6.48. The van der Waals surface area contributed by atoms with Gasteiger partial charge in [-0.3, -0.25) is 4.79 Å². The maximum atomic E-state index is 11.8. The Morgan fingerprint density at radius 1 is 1.26 bits per heavy atom. The van der Waals surface area contributed by atoms with Crippen LogP contribution in [0.1, 0.15) is 12.5 Å². The third-order valence-corrected chi connectivity index (χ3v) is 4.67. The quantitative estimate of drug-likeness (QED) is 0.381. The molecule has 5 nitrogen and oxygen atoms in total. The molecule has 23 heavy (non-hydrogen) atoms. The molecule has 2 aromatic heterocycles. The van der Waals surface area contributed by atoms with Crippen molar-refractivity contribution in [1.29, 1.82) is 0 Å². The number of esters is 1. The van der Waals surface area contributed by atoms with E-state index in [2.05, 4.69) is 17.1 Å². The number of aromatic nitrogens is 2. The summed E-state index contributed by atoms with van der Waals surface area (Å²) >= 11 is 2.68. The highest BCUT2D eigenvalue weighted by Gasteiger charge is 2.12. The molecule has 0 atom stereocenters. The zero-order chi connectivity index (χ0) is 16.1. The fourth-order valence-corrected chi connectivity index (χ4v) is 3.02. The third kappa shape index (κ3) is 4.20. The minimum absolute atomic E-state index is 0.113. The van der Waals surface area contributed by atoms with Crippen molar-refractivity contribution in [2.24, 2.45) is 0 Å². The molecule has 0 bridgehead atoms. The molecule has 0 aliphatic rings. The van der Waals surface area contributed by atoms with E-state index in [0.717, 1.165) is 23.1 Å². The van der Waals surface area contributed by atoms with Crippen LogP contribution < -0.4 is 4.74 Å². The van der Waals surface area contributed by atoms with Crippen molar-refractivity contribution in [2.75, 3.05) is 5.75 Å². The zero-order valence-corrected chi connectivity index (χ0v) is 14.0. The van der Waals surface area contributed by atoms with Crippen LogP contribution in [0.4, 0.5) is 0 Å². The SMILES string of the molecule is CCc1ccc(OC(=O)CSc2nnc(-c3cccs3)o2)cc1. The molecule has 0 spiro atoms. The molecule has 0 unspecified atom stereocenters. The van der Waals surface area contributed by atoms with Crippen molar-refractivity contribution in [3.63, 3.8) is 0 Å². The van der Waals surface area contributed by atoms with E-state index in [9.17, 15) is 4.79 Å². The number of thioether (sulfide) groups is 1. The molecule has 0 radical (unpaired) electrons. The first-order valence-electron chi connectivity index (χ1n) is 7.04. The first kappa shape index (κ1) is 15.8. The van der Waals surface area contributed by atoms with Crippen LogP contribution in [0, 0.1) is 0 Å². The predicted octanol–water partition coefficient (Wildman–Crippen LogP) is 4.06. The normalized spacial score (nSPS) is 10.7. The van der Waals surface area contributed by atoms with Gasteiger partial charge in [0.05, 0.1) is 4.88 Å². The van der Waals surface area contributed by atoms with Gasteiger partial charge in [0, 0.05) is 0 Å². The number of benzene rings is 1. The van der Waals surface area contributed by atoms with Gasteiger partial charge in [-0.1, -0.05) is 36.9 Å². The minimum atomic E-state index is -0.352. The highest BCUT2D eigenvalue weighted by molar-refractivity contribution is 7.99. The van der Waals surface area contributed by atoms with Crippen LogP contribution >= 0.6 is 23.1 Å². The zero-order valence-electron chi connectivity index (χ0n) is 12.4. The van der Waals surface area contributed by atoms with Gasteiger partial charge >= 0.3 is 5.97 Å². The van der Waals surface area contributed by atoms with E-state index in [-0.39, 0.29) is 11.7 Å². The number of carbonyl (C=O) groups is 1. The number of carbonyl (C=O) groups excluding carboxylic acids is 1. The van der Waals surface area contributed by atoms with Crippen molar-refractivity contribution < 1.29 is 13.9 Å². The van der Waals surface area contributed by atoms with E-state index in [4.69, 9.17) is 9.15 Å². The largest absolute Gasteiger partial charge is 0.426 e. The Kier molecular flexibility index (Phi) is 5.09. The second-order valence-electron chi connectivity index (χ2n) is 4.61. The van der Waals surface area contributed by atoms with Gasteiger partial charge in [-0.05, 0) is 35.6 Å². The molecule has 0 aliphatic carbocycles. The molecule has 0 amide bonds. The van der Waals surface area contributed by atoms with Crippen LogP contribution in [0.3, 0.4) is 0 Å². The lowest BCUT2D eigenvalue weighted by Crippen LogP contribution is -2.10. The van der Waals surface area contributed by atoms with E-state index >= 15 is 0 Å². The number of nitrogens with zero attached hydrogens (tertiary/aromatic N) is 2. The number of hydrogen-bond acceptors (Lipinski definition) is 7. The highest BCUT2D eigenvalue weighted by Crippen LogP contribution is 2.26. The van der Waals surface area contributed by atoms with Gasteiger partial charge in [0.15, 0.2) is 0 Å². The van der Waals surface area contributed by atoms with Gasteiger partial charge in [0.2, 0.25) is 0 Å². The Morgan fingerprint density at radius 3 is 2.78 bits per heavy atom. The fraction of sp³-hybridized carbons (Fsp3) is 0.188. The molecular weight excluding hydrogens is 332 g/mol. The third-order valence-electron chi connectivity index (χ3n) is 3.02. The summed E-state index contributed by atoms with van der Waals surface area (Å²) in [6.45, 7) is 2.08. The van der Waals surface area contributed by atoms with Gasteiger partial charge in [-0.25, -0.2) is 0 Å². The monoisotopic (exact) mass is 346 g/mol. The number of hydrogen-bond donors (Lipinski definition) is 0. The van der Waals surface area contributed by atoms with Crippen LogP contribution in [0.15, 0.2) is 51.4 Å². The second kappa shape index (κ2) is 7.43. The fourth-order valence-electron chi connectivity index (χ4n) is 1.84. The topological polar surface area (TPSA) is 65.2 Å². The molecular formula is C16H14N2O3S2. The Balaban J connectivity index is 1.52. The van der Waals surface area contributed by atoms with Gasteiger partial charge in [-0.15, -0.1) is 21.5 Å². The van der Waals surface area contributed by atoms with Crippen molar-refractivity contribution in [1.82, 2.24) is 10.2 Å². The molecule has 7 heteroatoms. The average Bonchev–Trinajstić information content (AvgIpc) is 3.25. The Morgan fingerprint density at radius 2 is 2.09 bits per heavy atom. The van der Waals surface area contributed by atoms with Crippen molar-refractivity contribution >= 4 is 29.1 Å². The molecule has 0 fully saturated rings. The van der Waals surface area contributed by atoms with Crippen molar-refractivity contribution in [3.05, 3.63) is 47.3 Å². The molecule has 1 aromatic carbocycles. The van der Waals surface area contributed by atoms with Gasteiger partial charge in [0.25, 0.3) is 11.1 Å². The van der Waals surface area contributed by atoms with Crippen molar-refractivity contribution in [3.8, 4) is 16.5 Å². The number of thiophene rings is 1. The summed E-state index contributed by atoms with van der Waals surface area (Å²) in [5.41, 5.74) is 1.20. The van der Waals surface area contributed by atoms with E-state index < -0.39 is 0 Å². The van der Waals surface area contributed by atoms with Gasteiger partial charge in [0.1, 0.15) is 11.5 Å². The average molecular weight is 346 g/mol. The molecule has 0 aliphatic heterocycles. The summed E-state index contributed by atoms with van der Waals surface area (Å²) in [5, 5.41) is 10.2.